The number of nitrogens with zero attached hydrogens (tertiary/aromatic N) is 2. The number of fused-ring (bicyclic) bond motifs is 4. The summed E-state index contributed by atoms with van der Waals surface area (Å²) in [6, 6.07) is 96.9. The van der Waals surface area contributed by atoms with E-state index in [1.807, 2.05) is 0 Å². The summed E-state index contributed by atoms with van der Waals surface area (Å²) in [5, 5.41) is 4.99. The van der Waals surface area contributed by atoms with Crippen LogP contribution in [0.25, 0.3) is 93.9 Å². The Labute approximate surface area is 385 Å². The van der Waals surface area contributed by atoms with Crippen LogP contribution in [0.4, 0.5) is 17.1 Å². The van der Waals surface area contributed by atoms with Gasteiger partial charge in [-0.1, -0.05) is 218 Å². The summed E-state index contributed by atoms with van der Waals surface area (Å²) >= 11 is 0. The van der Waals surface area contributed by atoms with Crippen LogP contribution >= 0.6 is 0 Å². The van der Waals surface area contributed by atoms with Crippen LogP contribution in [0.3, 0.4) is 0 Å². The zero-order chi connectivity index (χ0) is 43.8. The average Bonchev–Trinajstić information content (AvgIpc) is 3.74. The molecular formula is C64H44N2. The number of anilines is 3. The van der Waals surface area contributed by atoms with E-state index in [4.69, 9.17) is 0 Å². The molecule has 0 amide bonds. The summed E-state index contributed by atoms with van der Waals surface area (Å²) in [6.45, 7) is 0. The third-order valence-electron chi connectivity index (χ3n) is 13.0. The monoisotopic (exact) mass is 840 g/mol. The molecule has 0 aliphatic carbocycles. The van der Waals surface area contributed by atoms with Crippen molar-refractivity contribution in [2.24, 2.45) is 0 Å². The summed E-state index contributed by atoms with van der Waals surface area (Å²) in [5.74, 6) is 0. The molecule has 310 valence electrons. The molecule has 66 heavy (non-hydrogen) atoms. The molecule has 0 radical (unpaired) electrons. The lowest BCUT2D eigenvalue weighted by atomic mass is 9.92. The quantitative estimate of drug-likeness (QED) is 0.141. The average molecular weight is 841 g/mol. The van der Waals surface area contributed by atoms with Crippen molar-refractivity contribution in [1.29, 1.82) is 0 Å². The fraction of sp³-hybridized carbons (Fsp3) is 0. The Morgan fingerprint density at radius 2 is 0.682 bits per heavy atom. The number of rotatable bonds is 9. The zero-order valence-electron chi connectivity index (χ0n) is 36.3. The molecule has 12 rings (SSSR count). The van der Waals surface area contributed by atoms with E-state index in [0.29, 0.717) is 0 Å². The third-order valence-corrected chi connectivity index (χ3v) is 13.0. The minimum Gasteiger partial charge on any atom is -0.310 e. The molecule has 1 aromatic heterocycles. The smallest absolute Gasteiger partial charge is 0.0546 e. The highest BCUT2D eigenvalue weighted by atomic mass is 15.1. The van der Waals surface area contributed by atoms with Gasteiger partial charge in [0.15, 0.2) is 0 Å². The maximum atomic E-state index is 2.44. The van der Waals surface area contributed by atoms with Crippen LogP contribution in [0.1, 0.15) is 0 Å². The molecule has 11 aromatic carbocycles. The Kier molecular flexibility index (Phi) is 9.89. The van der Waals surface area contributed by atoms with E-state index in [9.17, 15) is 0 Å². The van der Waals surface area contributed by atoms with Gasteiger partial charge in [0.25, 0.3) is 0 Å². The van der Waals surface area contributed by atoms with Crippen molar-refractivity contribution in [3.63, 3.8) is 0 Å². The van der Waals surface area contributed by atoms with Crippen LogP contribution in [0, 0.1) is 0 Å². The van der Waals surface area contributed by atoms with Gasteiger partial charge in [-0.3, -0.25) is 0 Å². The Balaban J connectivity index is 1.00. The standard InChI is InChI=1S/C64H44N2/c1-3-17-45(18-4-1)46-33-35-49(36-34-46)56-24-9-12-29-60(56)65(52-41-37-48(38-42-52)55-27-15-22-47-19-7-8-23-54(47)55)53-43-39-50(40-44-53)57-28-16-32-63(64(57)51-20-5-2-6-21-51)66-61-30-13-10-25-58(61)59-26-11-14-31-62(59)66/h1-44H. The molecule has 0 aliphatic heterocycles. The summed E-state index contributed by atoms with van der Waals surface area (Å²) in [4.78, 5) is 2.41. The Morgan fingerprint density at radius 1 is 0.258 bits per heavy atom. The lowest BCUT2D eigenvalue weighted by Crippen LogP contribution is -2.11. The van der Waals surface area contributed by atoms with Crippen LogP contribution in [-0.4, -0.2) is 4.57 Å². The number of hydrogen-bond donors (Lipinski definition) is 0. The maximum Gasteiger partial charge on any atom is 0.0546 e. The van der Waals surface area contributed by atoms with Gasteiger partial charge in [0.1, 0.15) is 0 Å². The fourth-order valence-corrected chi connectivity index (χ4v) is 9.93. The highest BCUT2D eigenvalue weighted by Crippen LogP contribution is 2.45. The number of benzene rings is 11. The second kappa shape index (κ2) is 16.8. The molecule has 0 fully saturated rings. The number of aromatic nitrogens is 1. The van der Waals surface area contributed by atoms with Gasteiger partial charge in [0, 0.05) is 33.3 Å². The summed E-state index contributed by atoms with van der Waals surface area (Å²) in [7, 11) is 0. The second-order valence-corrected chi connectivity index (χ2v) is 16.9. The van der Waals surface area contributed by atoms with E-state index in [1.54, 1.807) is 0 Å². The highest BCUT2D eigenvalue weighted by molar-refractivity contribution is 6.10. The SMILES string of the molecule is c1ccc(-c2ccc(-c3ccccc3N(c3ccc(-c4cccc(-n5c6ccccc6c6ccccc65)c4-c4ccccc4)cc3)c3ccc(-c4cccc5ccccc45)cc3)cc2)cc1. The first-order valence-corrected chi connectivity index (χ1v) is 22.7. The lowest BCUT2D eigenvalue weighted by Gasteiger charge is -2.28. The van der Waals surface area contributed by atoms with Crippen LogP contribution in [-0.2, 0) is 0 Å². The fourth-order valence-electron chi connectivity index (χ4n) is 9.93. The number of para-hydroxylation sites is 3. The normalized spacial score (nSPS) is 11.3. The molecule has 2 nitrogen and oxygen atoms in total. The van der Waals surface area contributed by atoms with Crippen LogP contribution in [0.2, 0.25) is 0 Å². The summed E-state index contributed by atoms with van der Waals surface area (Å²) in [5.41, 5.74) is 18.6. The molecule has 0 saturated carbocycles. The van der Waals surface area contributed by atoms with Gasteiger partial charge in [0.05, 0.1) is 22.4 Å². The Bertz CT molecular complexity index is 3600. The van der Waals surface area contributed by atoms with Gasteiger partial charge in [-0.05, 0) is 104 Å². The van der Waals surface area contributed by atoms with Crippen LogP contribution in [0.15, 0.2) is 267 Å². The van der Waals surface area contributed by atoms with Gasteiger partial charge >= 0.3 is 0 Å². The first-order valence-electron chi connectivity index (χ1n) is 22.7. The van der Waals surface area contributed by atoms with E-state index < -0.39 is 0 Å². The van der Waals surface area contributed by atoms with Crippen molar-refractivity contribution in [2.75, 3.05) is 4.90 Å². The lowest BCUT2D eigenvalue weighted by molar-refractivity contribution is 1.18. The first kappa shape index (κ1) is 38.9. The predicted molar refractivity (Wildman–Crippen MR) is 280 cm³/mol. The van der Waals surface area contributed by atoms with Gasteiger partial charge in [0.2, 0.25) is 0 Å². The molecule has 12 aromatic rings. The van der Waals surface area contributed by atoms with Crippen LogP contribution < -0.4 is 4.90 Å². The van der Waals surface area contributed by atoms with E-state index in [0.717, 1.165) is 39.4 Å². The molecular weight excluding hydrogens is 797 g/mol. The van der Waals surface area contributed by atoms with Crippen molar-refractivity contribution in [2.45, 2.75) is 0 Å². The van der Waals surface area contributed by atoms with Crippen molar-refractivity contribution in [3.05, 3.63) is 267 Å². The molecule has 2 heteroatoms. The molecule has 0 atom stereocenters. The first-order chi connectivity index (χ1) is 32.8. The van der Waals surface area contributed by atoms with E-state index >= 15 is 0 Å². The topological polar surface area (TPSA) is 8.17 Å². The van der Waals surface area contributed by atoms with Crippen molar-refractivity contribution in [3.8, 4) is 61.3 Å². The van der Waals surface area contributed by atoms with E-state index in [2.05, 4.69) is 276 Å². The minimum absolute atomic E-state index is 1.07. The zero-order valence-corrected chi connectivity index (χ0v) is 36.3. The van der Waals surface area contributed by atoms with Crippen LogP contribution in [0.5, 0.6) is 0 Å². The molecule has 0 saturated heterocycles. The largest absolute Gasteiger partial charge is 0.310 e. The van der Waals surface area contributed by atoms with Gasteiger partial charge in [-0.25, -0.2) is 0 Å². The van der Waals surface area contributed by atoms with Gasteiger partial charge in [-0.15, -0.1) is 0 Å². The molecule has 0 unspecified atom stereocenters. The maximum absolute atomic E-state index is 2.44. The second-order valence-electron chi connectivity index (χ2n) is 16.9. The third kappa shape index (κ3) is 6.93. The molecule has 0 spiro atoms. The Hall–Kier alpha value is -8.72. The summed E-state index contributed by atoms with van der Waals surface area (Å²) < 4.78 is 2.44. The molecule has 0 N–H and O–H groups in total. The number of hydrogen-bond acceptors (Lipinski definition) is 1. The van der Waals surface area contributed by atoms with Gasteiger partial charge < -0.3 is 9.47 Å². The predicted octanol–water partition coefficient (Wildman–Crippen LogP) is 17.7. The van der Waals surface area contributed by atoms with E-state index in [1.165, 1.54) is 71.5 Å². The van der Waals surface area contributed by atoms with Gasteiger partial charge in [-0.2, -0.15) is 0 Å². The van der Waals surface area contributed by atoms with Crippen molar-refractivity contribution < 1.29 is 0 Å². The highest BCUT2D eigenvalue weighted by Gasteiger charge is 2.21. The molecule has 0 aliphatic rings. The Morgan fingerprint density at radius 3 is 1.35 bits per heavy atom. The van der Waals surface area contributed by atoms with E-state index in [-0.39, 0.29) is 0 Å². The van der Waals surface area contributed by atoms with Crippen molar-refractivity contribution in [1.82, 2.24) is 4.57 Å². The van der Waals surface area contributed by atoms with Crippen molar-refractivity contribution >= 4 is 49.6 Å². The molecule has 0 bridgehead atoms. The summed E-state index contributed by atoms with van der Waals surface area (Å²) in [6.07, 6.45) is 0. The minimum atomic E-state index is 1.07. The molecule has 1 heterocycles.